The lowest BCUT2D eigenvalue weighted by atomic mass is 10.2. The first-order valence-electron chi connectivity index (χ1n) is 6.13. The van der Waals surface area contributed by atoms with Crippen LogP contribution in [0, 0.1) is 0 Å². The van der Waals surface area contributed by atoms with Crippen molar-refractivity contribution in [3.05, 3.63) is 0 Å². The first-order chi connectivity index (χ1) is 8.60. The number of hydrogen-bond acceptors (Lipinski definition) is 5. The molecule has 0 aromatic heterocycles. The van der Waals surface area contributed by atoms with Gasteiger partial charge in [-0.25, -0.2) is 4.79 Å². The molecule has 1 amide bonds. The molecule has 0 bridgehead atoms. The zero-order chi connectivity index (χ0) is 13.5. The Morgan fingerprint density at radius 1 is 1.28 bits per heavy atom. The standard InChI is InChI=1S/C12H19NO5/c1-3-18-11(15)7-6-10(14)13-8-4-5-9(13)12(16)17-2/h9H,3-8H2,1-2H3. The van der Waals surface area contributed by atoms with Crippen LogP contribution in [0.4, 0.5) is 0 Å². The predicted molar refractivity (Wildman–Crippen MR) is 62.6 cm³/mol. The summed E-state index contributed by atoms with van der Waals surface area (Å²) < 4.78 is 9.40. The summed E-state index contributed by atoms with van der Waals surface area (Å²) in [6.07, 6.45) is 1.53. The minimum Gasteiger partial charge on any atom is -0.467 e. The summed E-state index contributed by atoms with van der Waals surface area (Å²) in [5.41, 5.74) is 0. The topological polar surface area (TPSA) is 72.9 Å². The van der Waals surface area contributed by atoms with Crippen molar-refractivity contribution in [2.45, 2.75) is 38.6 Å². The number of rotatable bonds is 5. The van der Waals surface area contributed by atoms with Crippen LogP contribution in [-0.4, -0.2) is 49.0 Å². The monoisotopic (exact) mass is 257 g/mol. The quantitative estimate of drug-likeness (QED) is 0.670. The molecular formula is C12H19NO5. The Kier molecular flexibility index (Phi) is 5.61. The number of hydrogen-bond donors (Lipinski definition) is 0. The maximum Gasteiger partial charge on any atom is 0.328 e. The van der Waals surface area contributed by atoms with Gasteiger partial charge in [-0.1, -0.05) is 0 Å². The fourth-order valence-corrected chi connectivity index (χ4v) is 2.03. The van der Waals surface area contributed by atoms with Gasteiger partial charge in [0.2, 0.25) is 5.91 Å². The third-order valence-electron chi connectivity index (χ3n) is 2.89. The summed E-state index contributed by atoms with van der Waals surface area (Å²) in [6, 6.07) is -0.496. The molecule has 1 heterocycles. The Morgan fingerprint density at radius 3 is 2.61 bits per heavy atom. The van der Waals surface area contributed by atoms with E-state index in [2.05, 4.69) is 4.74 Å². The van der Waals surface area contributed by atoms with Crippen LogP contribution in [0.3, 0.4) is 0 Å². The first-order valence-corrected chi connectivity index (χ1v) is 6.13. The van der Waals surface area contributed by atoms with Crippen molar-refractivity contribution in [2.75, 3.05) is 20.3 Å². The third kappa shape index (κ3) is 3.72. The largest absolute Gasteiger partial charge is 0.467 e. The summed E-state index contributed by atoms with van der Waals surface area (Å²) in [6.45, 7) is 2.57. The lowest BCUT2D eigenvalue weighted by Gasteiger charge is -2.22. The highest BCUT2D eigenvalue weighted by atomic mass is 16.5. The zero-order valence-electron chi connectivity index (χ0n) is 10.8. The van der Waals surface area contributed by atoms with Gasteiger partial charge >= 0.3 is 11.9 Å². The molecular weight excluding hydrogens is 238 g/mol. The lowest BCUT2D eigenvalue weighted by molar-refractivity contribution is -0.151. The van der Waals surface area contributed by atoms with Crippen LogP contribution in [0.15, 0.2) is 0 Å². The normalized spacial score (nSPS) is 18.6. The van der Waals surface area contributed by atoms with Crippen LogP contribution in [0.25, 0.3) is 0 Å². The number of esters is 2. The molecule has 6 heteroatoms. The van der Waals surface area contributed by atoms with Crippen LogP contribution < -0.4 is 0 Å². The second kappa shape index (κ2) is 6.98. The van der Waals surface area contributed by atoms with Gasteiger partial charge in [-0.3, -0.25) is 9.59 Å². The van der Waals surface area contributed by atoms with Crippen LogP contribution in [-0.2, 0) is 23.9 Å². The van der Waals surface area contributed by atoms with Crippen LogP contribution in [0.5, 0.6) is 0 Å². The van der Waals surface area contributed by atoms with E-state index in [1.165, 1.54) is 12.0 Å². The lowest BCUT2D eigenvalue weighted by Crippen LogP contribution is -2.41. The van der Waals surface area contributed by atoms with E-state index in [1.54, 1.807) is 6.92 Å². The summed E-state index contributed by atoms with van der Waals surface area (Å²) in [7, 11) is 1.31. The molecule has 1 saturated heterocycles. The molecule has 1 aliphatic rings. The summed E-state index contributed by atoms with van der Waals surface area (Å²) in [5, 5.41) is 0. The van der Waals surface area contributed by atoms with E-state index in [1.807, 2.05) is 0 Å². The molecule has 1 rings (SSSR count). The SMILES string of the molecule is CCOC(=O)CCC(=O)N1CCCC1C(=O)OC. The Balaban J connectivity index is 2.45. The minimum absolute atomic E-state index is 0.0526. The Bertz CT molecular complexity index is 328. The number of amides is 1. The molecule has 0 aromatic carbocycles. The Labute approximate surface area is 106 Å². The summed E-state index contributed by atoms with van der Waals surface area (Å²) >= 11 is 0. The Morgan fingerprint density at radius 2 is 2.00 bits per heavy atom. The molecule has 0 N–H and O–H groups in total. The van der Waals surface area contributed by atoms with Gasteiger partial charge < -0.3 is 14.4 Å². The zero-order valence-corrected chi connectivity index (χ0v) is 10.8. The molecule has 1 aliphatic heterocycles. The number of carbonyl (C=O) groups is 3. The highest BCUT2D eigenvalue weighted by Crippen LogP contribution is 2.19. The van der Waals surface area contributed by atoms with Crippen LogP contribution in [0.2, 0.25) is 0 Å². The number of likely N-dealkylation sites (tertiary alicyclic amines) is 1. The number of methoxy groups -OCH3 is 1. The second-order valence-corrected chi connectivity index (χ2v) is 4.07. The van der Waals surface area contributed by atoms with Crippen molar-refractivity contribution < 1.29 is 23.9 Å². The molecule has 18 heavy (non-hydrogen) atoms. The number of nitrogens with zero attached hydrogens (tertiary/aromatic N) is 1. The average Bonchev–Trinajstić information content (AvgIpc) is 2.84. The fourth-order valence-electron chi connectivity index (χ4n) is 2.03. The molecule has 1 fully saturated rings. The molecule has 6 nitrogen and oxygen atoms in total. The predicted octanol–water partition coefficient (Wildman–Crippen LogP) is 0.494. The van der Waals surface area contributed by atoms with Crippen molar-refractivity contribution in [3.63, 3.8) is 0 Å². The fraction of sp³-hybridized carbons (Fsp3) is 0.750. The van der Waals surface area contributed by atoms with Gasteiger partial charge in [0.25, 0.3) is 0 Å². The first kappa shape index (κ1) is 14.5. The molecule has 0 saturated carbocycles. The van der Waals surface area contributed by atoms with Crippen molar-refractivity contribution in [3.8, 4) is 0 Å². The van der Waals surface area contributed by atoms with E-state index < -0.39 is 12.0 Å². The van der Waals surface area contributed by atoms with Crippen molar-refractivity contribution in [2.24, 2.45) is 0 Å². The van der Waals surface area contributed by atoms with Gasteiger partial charge in [0, 0.05) is 13.0 Å². The van der Waals surface area contributed by atoms with Gasteiger partial charge in [0.1, 0.15) is 6.04 Å². The van der Waals surface area contributed by atoms with Crippen molar-refractivity contribution in [1.29, 1.82) is 0 Å². The average molecular weight is 257 g/mol. The summed E-state index contributed by atoms with van der Waals surface area (Å²) in [5.74, 6) is -0.979. The highest BCUT2D eigenvalue weighted by molar-refractivity contribution is 5.87. The van der Waals surface area contributed by atoms with E-state index in [-0.39, 0.29) is 24.7 Å². The van der Waals surface area contributed by atoms with E-state index in [4.69, 9.17) is 4.74 Å². The van der Waals surface area contributed by atoms with Gasteiger partial charge in [-0.05, 0) is 19.8 Å². The third-order valence-corrected chi connectivity index (χ3v) is 2.89. The number of ether oxygens (including phenoxy) is 2. The van der Waals surface area contributed by atoms with E-state index in [9.17, 15) is 14.4 Å². The van der Waals surface area contributed by atoms with Crippen LogP contribution >= 0.6 is 0 Å². The number of carbonyl (C=O) groups excluding carboxylic acids is 3. The summed E-state index contributed by atoms with van der Waals surface area (Å²) in [4.78, 5) is 36.0. The Hall–Kier alpha value is -1.59. The van der Waals surface area contributed by atoms with Gasteiger partial charge in [-0.2, -0.15) is 0 Å². The van der Waals surface area contributed by atoms with E-state index in [0.29, 0.717) is 19.6 Å². The smallest absolute Gasteiger partial charge is 0.328 e. The second-order valence-electron chi connectivity index (χ2n) is 4.07. The van der Waals surface area contributed by atoms with Crippen LogP contribution in [0.1, 0.15) is 32.6 Å². The minimum atomic E-state index is -0.496. The van der Waals surface area contributed by atoms with E-state index >= 15 is 0 Å². The molecule has 102 valence electrons. The molecule has 0 aromatic rings. The molecule has 1 atom stereocenters. The van der Waals surface area contributed by atoms with Gasteiger partial charge in [-0.15, -0.1) is 0 Å². The molecule has 0 spiro atoms. The van der Waals surface area contributed by atoms with Crippen molar-refractivity contribution >= 4 is 17.8 Å². The van der Waals surface area contributed by atoms with E-state index in [0.717, 1.165) is 6.42 Å². The maximum absolute atomic E-state index is 11.9. The molecule has 1 unspecified atom stereocenters. The van der Waals surface area contributed by atoms with Gasteiger partial charge in [0.05, 0.1) is 20.1 Å². The van der Waals surface area contributed by atoms with Gasteiger partial charge in [0.15, 0.2) is 0 Å². The molecule has 0 aliphatic carbocycles. The maximum atomic E-state index is 11.9. The van der Waals surface area contributed by atoms with Crippen molar-refractivity contribution in [1.82, 2.24) is 4.90 Å². The highest BCUT2D eigenvalue weighted by Gasteiger charge is 2.34. The molecule has 0 radical (unpaired) electrons.